The average Bonchev–Trinajstić information content (AvgIpc) is 2.16. The summed E-state index contributed by atoms with van der Waals surface area (Å²) < 4.78 is 10.3. The van der Waals surface area contributed by atoms with Gasteiger partial charge >= 0.3 is 0 Å². The van der Waals surface area contributed by atoms with Gasteiger partial charge < -0.3 is 19.7 Å². The first kappa shape index (κ1) is 14.8. The van der Waals surface area contributed by atoms with Crippen molar-refractivity contribution in [2.75, 3.05) is 41.4 Å². The Kier molecular flexibility index (Phi) is 7.96. The van der Waals surface area contributed by atoms with Crippen LogP contribution in [0.1, 0.15) is 13.8 Å². The Morgan fingerprint density at radius 3 is 2.00 bits per heavy atom. The lowest BCUT2D eigenvalue weighted by Gasteiger charge is -2.27. The molecule has 92 valence electrons. The maximum Gasteiger partial charge on any atom is 0.169 e. The quantitative estimate of drug-likeness (QED) is 0.611. The van der Waals surface area contributed by atoms with E-state index in [0.29, 0.717) is 12.0 Å². The van der Waals surface area contributed by atoms with Crippen molar-refractivity contribution in [1.82, 2.24) is 10.2 Å². The smallest absolute Gasteiger partial charge is 0.169 e. The highest BCUT2D eigenvalue weighted by molar-refractivity contribution is 4.73. The molecule has 0 spiro atoms. The van der Waals surface area contributed by atoms with E-state index in [1.165, 1.54) is 0 Å². The molecule has 0 aromatic carbocycles. The zero-order valence-corrected chi connectivity index (χ0v) is 10.9. The molecule has 4 nitrogen and oxygen atoms in total. The summed E-state index contributed by atoms with van der Waals surface area (Å²) in [5.41, 5.74) is 0. The predicted molar refractivity (Wildman–Crippen MR) is 63.0 cm³/mol. The third-order valence-electron chi connectivity index (χ3n) is 2.44. The van der Waals surface area contributed by atoms with Crippen LogP contribution in [0.3, 0.4) is 0 Å². The molecule has 0 amide bonds. The number of methoxy groups -OCH3 is 2. The van der Waals surface area contributed by atoms with Crippen molar-refractivity contribution in [2.24, 2.45) is 5.92 Å². The van der Waals surface area contributed by atoms with E-state index in [0.717, 1.165) is 13.1 Å². The Hall–Kier alpha value is -0.160. The molecule has 15 heavy (non-hydrogen) atoms. The first-order valence-corrected chi connectivity index (χ1v) is 5.45. The van der Waals surface area contributed by atoms with Crippen molar-refractivity contribution in [3.63, 3.8) is 0 Å². The lowest BCUT2D eigenvalue weighted by molar-refractivity contribution is -0.101. The van der Waals surface area contributed by atoms with Crippen LogP contribution in [0.4, 0.5) is 0 Å². The molecule has 1 unspecified atom stereocenters. The lowest BCUT2D eigenvalue weighted by atomic mass is 10.0. The molecule has 0 aliphatic heterocycles. The van der Waals surface area contributed by atoms with Gasteiger partial charge in [-0.1, -0.05) is 13.8 Å². The van der Waals surface area contributed by atoms with E-state index in [1.807, 2.05) is 0 Å². The van der Waals surface area contributed by atoms with E-state index in [9.17, 15) is 0 Å². The number of rotatable bonds is 8. The highest BCUT2D eigenvalue weighted by atomic mass is 16.7. The number of likely N-dealkylation sites (N-methyl/N-ethyl adjacent to an activating group) is 1. The minimum absolute atomic E-state index is 0.159. The average molecular weight is 218 g/mol. The van der Waals surface area contributed by atoms with Crippen LogP contribution in [0.15, 0.2) is 0 Å². The van der Waals surface area contributed by atoms with E-state index in [4.69, 9.17) is 9.47 Å². The van der Waals surface area contributed by atoms with E-state index in [2.05, 4.69) is 38.2 Å². The second-order valence-electron chi connectivity index (χ2n) is 4.42. The SMILES string of the molecule is COC(CNC(CN(C)C)C(C)C)OC. The van der Waals surface area contributed by atoms with Gasteiger partial charge in [0, 0.05) is 33.4 Å². The van der Waals surface area contributed by atoms with Crippen molar-refractivity contribution in [2.45, 2.75) is 26.2 Å². The number of nitrogens with one attached hydrogen (secondary N) is 1. The monoisotopic (exact) mass is 218 g/mol. The first-order chi connectivity index (χ1) is 7.01. The number of nitrogens with zero attached hydrogens (tertiary/aromatic N) is 1. The van der Waals surface area contributed by atoms with Crippen LogP contribution >= 0.6 is 0 Å². The van der Waals surface area contributed by atoms with Gasteiger partial charge in [-0.3, -0.25) is 0 Å². The Balaban J connectivity index is 3.94. The summed E-state index contributed by atoms with van der Waals surface area (Å²) >= 11 is 0. The maximum atomic E-state index is 5.14. The molecule has 4 heteroatoms. The van der Waals surface area contributed by atoms with Crippen molar-refractivity contribution >= 4 is 0 Å². The fourth-order valence-corrected chi connectivity index (χ4v) is 1.41. The first-order valence-electron chi connectivity index (χ1n) is 5.45. The normalized spacial score (nSPS) is 14.2. The summed E-state index contributed by atoms with van der Waals surface area (Å²) in [6.07, 6.45) is -0.159. The fraction of sp³-hybridized carbons (Fsp3) is 1.00. The van der Waals surface area contributed by atoms with Crippen molar-refractivity contribution in [3.8, 4) is 0 Å². The van der Waals surface area contributed by atoms with E-state index >= 15 is 0 Å². The molecular formula is C11H26N2O2. The summed E-state index contributed by atoms with van der Waals surface area (Å²) in [4.78, 5) is 2.19. The fourth-order valence-electron chi connectivity index (χ4n) is 1.41. The Morgan fingerprint density at radius 2 is 1.67 bits per heavy atom. The Bertz CT molecular complexity index is 148. The summed E-state index contributed by atoms with van der Waals surface area (Å²) in [5, 5.41) is 3.46. The van der Waals surface area contributed by atoms with Crippen LogP contribution in [0.25, 0.3) is 0 Å². The highest BCUT2D eigenvalue weighted by Gasteiger charge is 2.15. The maximum absolute atomic E-state index is 5.14. The van der Waals surface area contributed by atoms with Crippen LogP contribution in [0.2, 0.25) is 0 Å². The third-order valence-corrected chi connectivity index (χ3v) is 2.44. The van der Waals surface area contributed by atoms with Gasteiger partial charge in [0.2, 0.25) is 0 Å². The summed E-state index contributed by atoms with van der Waals surface area (Å²) in [7, 11) is 7.49. The van der Waals surface area contributed by atoms with Gasteiger partial charge in [0.15, 0.2) is 6.29 Å². The molecule has 0 aromatic heterocycles. The molecule has 1 N–H and O–H groups in total. The number of ether oxygens (including phenoxy) is 2. The van der Waals surface area contributed by atoms with E-state index < -0.39 is 0 Å². The van der Waals surface area contributed by atoms with Gasteiger partial charge in [-0.05, 0) is 20.0 Å². The summed E-state index contributed by atoms with van der Waals surface area (Å²) in [6.45, 7) is 6.19. The molecule has 0 aliphatic rings. The molecule has 0 saturated heterocycles. The van der Waals surface area contributed by atoms with Gasteiger partial charge in [-0.2, -0.15) is 0 Å². The minimum atomic E-state index is -0.159. The predicted octanol–water partition coefficient (Wildman–Crippen LogP) is 0.781. The van der Waals surface area contributed by atoms with Crippen LogP contribution in [-0.2, 0) is 9.47 Å². The molecule has 0 aliphatic carbocycles. The molecular weight excluding hydrogens is 192 g/mol. The molecule has 0 bridgehead atoms. The zero-order valence-electron chi connectivity index (χ0n) is 10.9. The molecule has 0 rings (SSSR count). The Labute approximate surface area is 93.9 Å². The van der Waals surface area contributed by atoms with Crippen molar-refractivity contribution in [1.29, 1.82) is 0 Å². The van der Waals surface area contributed by atoms with E-state index in [1.54, 1.807) is 14.2 Å². The van der Waals surface area contributed by atoms with Gasteiger partial charge in [0.05, 0.1) is 0 Å². The van der Waals surface area contributed by atoms with Gasteiger partial charge in [-0.15, -0.1) is 0 Å². The summed E-state index contributed by atoms with van der Waals surface area (Å²) in [6, 6.07) is 0.466. The largest absolute Gasteiger partial charge is 0.355 e. The third kappa shape index (κ3) is 6.84. The van der Waals surface area contributed by atoms with Crippen LogP contribution < -0.4 is 5.32 Å². The van der Waals surface area contributed by atoms with Crippen molar-refractivity contribution in [3.05, 3.63) is 0 Å². The van der Waals surface area contributed by atoms with Gasteiger partial charge in [0.1, 0.15) is 0 Å². The van der Waals surface area contributed by atoms with Crippen LogP contribution in [0.5, 0.6) is 0 Å². The lowest BCUT2D eigenvalue weighted by Crippen LogP contribution is -2.45. The van der Waals surface area contributed by atoms with Gasteiger partial charge in [0.25, 0.3) is 0 Å². The van der Waals surface area contributed by atoms with Crippen LogP contribution in [0, 0.1) is 5.92 Å². The molecule has 0 saturated carbocycles. The minimum Gasteiger partial charge on any atom is -0.355 e. The van der Waals surface area contributed by atoms with Crippen LogP contribution in [-0.4, -0.2) is 58.6 Å². The molecule has 0 heterocycles. The topological polar surface area (TPSA) is 33.7 Å². The zero-order chi connectivity index (χ0) is 11.8. The molecule has 0 aromatic rings. The summed E-state index contributed by atoms with van der Waals surface area (Å²) in [5.74, 6) is 0.599. The van der Waals surface area contributed by atoms with Gasteiger partial charge in [-0.25, -0.2) is 0 Å². The second-order valence-corrected chi connectivity index (χ2v) is 4.42. The molecule has 1 atom stereocenters. The Morgan fingerprint density at radius 1 is 1.13 bits per heavy atom. The standard InChI is InChI=1S/C11H26N2O2/c1-9(2)10(8-13(3)4)12-7-11(14-5)15-6/h9-12H,7-8H2,1-6H3. The highest BCUT2D eigenvalue weighted by Crippen LogP contribution is 2.03. The number of hydrogen-bond donors (Lipinski definition) is 1. The number of hydrogen-bond acceptors (Lipinski definition) is 4. The van der Waals surface area contributed by atoms with Crippen molar-refractivity contribution < 1.29 is 9.47 Å². The van der Waals surface area contributed by atoms with E-state index in [-0.39, 0.29) is 6.29 Å². The second kappa shape index (κ2) is 8.05. The molecule has 0 fully saturated rings. The molecule has 0 radical (unpaired) electrons.